The van der Waals surface area contributed by atoms with Gasteiger partial charge in [-0.05, 0) is 53.5 Å². The summed E-state index contributed by atoms with van der Waals surface area (Å²) in [6.45, 7) is 11.5. The second-order valence-electron chi connectivity index (χ2n) is 9.65. The first-order valence-electron chi connectivity index (χ1n) is 10.3. The molecule has 0 aliphatic heterocycles. The van der Waals surface area contributed by atoms with Crippen molar-refractivity contribution in [2.45, 2.75) is 46.6 Å². The van der Waals surface area contributed by atoms with Crippen LogP contribution in [0.1, 0.15) is 41.0 Å². The van der Waals surface area contributed by atoms with Crippen molar-refractivity contribution in [3.05, 3.63) is 78.4 Å². The highest BCUT2D eigenvalue weighted by Crippen LogP contribution is 2.38. The summed E-state index contributed by atoms with van der Waals surface area (Å²) in [5.74, 6) is 0.462. The number of nitrogens with one attached hydrogen (secondary N) is 1. The molecule has 1 nitrogen and oxygen atoms in total. The molecule has 0 spiro atoms. The van der Waals surface area contributed by atoms with Gasteiger partial charge in [-0.25, -0.2) is 0 Å². The Hall–Kier alpha value is -2.54. The Bertz CT molecular complexity index is 1080. The molecule has 0 fully saturated rings. The van der Waals surface area contributed by atoms with Gasteiger partial charge >= 0.3 is 0 Å². The maximum Gasteiger partial charge on any atom is 0.0430 e. The molecule has 0 aromatic heterocycles. The first-order chi connectivity index (χ1) is 13.3. The van der Waals surface area contributed by atoms with E-state index in [0.717, 1.165) is 6.42 Å². The number of allylic oxidation sites excluding steroid dienone is 3. The van der Waals surface area contributed by atoms with Crippen LogP contribution in [0.15, 0.2) is 78.4 Å². The third kappa shape index (κ3) is 3.46. The zero-order valence-corrected chi connectivity index (χ0v) is 17.7. The first-order valence-corrected chi connectivity index (χ1v) is 10.3. The third-order valence-electron chi connectivity index (χ3n) is 6.12. The van der Waals surface area contributed by atoms with E-state index >= 15 is 0 Å². The zero-order valence-electron chi connectivity index (χ0n) is 17.7. The average Bonchev–Trinajstić information content (AvgIpc) is 2.67. The van der Waals surface area contributed by atoms with Crippen molar-refractivity contribution in [2.75, 3.05) is 5.32 Å². The van der Waals surface area contributed by atoms with Crippen molar-refractivity contribution in [1.29, 1.82) is 0 Å². The summed E-state index contributed by atoms with van der Waals surface area (Å²) in [7, 11) is 0. The van der Waals surface area contributed by atoms with E-state index in [9.17, 15) is 0 Å². The van der Waals surface area contributed by atoms with Gasteiger partial charge in [-0.3, -0.25) is 0 Å². The molecule has 0 bridgehead atoms. The van der Waals surface area contributed by atoms with Crippen LogP contribution < -0.4 is 5.32 Å². The van der Waals surface area contributed by atoms with E-state index in [4.69, 9.17) is 0 Å². The van der Waals surface area contributed by atoms with Crippen molar-refractivity contribution in [3.8, 4) is 0 Å². The highest BCUT2D eigenvalue weighted by molar-refractivity contribution is 6.12. The van der Waals surface area contributed by atoms with Crippen LogP contribution in [0.3, 0.4) is 0 Å². The average molecular weight is 370 g/mol. The van der Waals surface area contributed by atoms with Crippen molar-refractivity contribution in [2.24, 2.45) is 11.3 Å². The Kier molecular flexibility index (Phi) is 4.57. The quantitative estimate of drug-likeness (QED) is 0.466. The molecule has 1 atom stereocenters. The van der Waals surface area contributed by atoms with Crippen LogP contribution in [-0.2, 0) is 0 Å². The maximum atomic E-state index is 3.90. The van der Waals surface area contributed by atoms with E-state index in [1.54, 1.807) is 0 Å². The molecule has 1 N–H and O–H groups in total. The van der Waals surface area contributed by atoms with Gasteiger partial charge in [-0.1, -0.05) is 87.5 Å². The van der Waals surface area contributed by atoms with Crippen molar-refractivity contribution < 1.29 is 0 Å². The summed E-state index contributed by atoms with van der Waals surface area (Å²) in [6, 6.07) is 19.7. The number of anilines is 1. The molecule has 3 aromatic carbocycles. The van der Waals surface area contributed by atoms with E-state index in [1.807, 2.05) is 0 Å². The lowest BCUT2D eigenvalue weighted by Gasteiger charge is -2.37. The fourth-order valence-electron chi connectivity index (χ4n) is 4.31. The maximum absolute atomic E-state index is 3.90. The summed E-state index contributed by atoms with van der Waals surface area (Å²) in [5.41, 5.74) is 2.84. The summed E-state index contributed by atoms with van der Waals surface area (Å²) >= 11 is 0. The Morgan fingerprint density at radius 2 is 1.46 bits per heavy atom. The Morgan fingerprint density at radius 3 is 2.11 bits per heavy atom. The van der Waals surface area contributed by atoms with Gasteiger partial charge in [0.2, 0.25) is 0 Å². The normalized spacial score (nSPS) is 17.8. The molecule has 0 heterocycles. The van der Waals surface area contributed by atoms with Crippen LogP contribution in [-0.4, -0.2) is 5.54 Å². The van der Waals surface area contributed by atoms with Crippen LogP contribution in [0.2, 0.25) is 0 Å². The molecular formula is C27H31N. The lowest BCUT2D eigenvalue weighted by atomic mass is 9.76. The Balaban J connectivity index is 1.69. The minimum absolute atomic E-state index is 0.0400. The summed E-state index contributed by atoms with van der Waals surface area (Å²) < 4.78 is 0. The standard InChI is InChI=1S/C27H31N/c1-26(2,3)20-14-16-21(17-15-20)27(4,5)28-25-18-19-10-6-7-11-22(19)23-12-8-9-13-24(23)25/h6-16,18,21,28H,17H2,1-5H3. The van der Waals surface area contributed by atoms with Gasteiger partial charge in [0.15, 0.2) is 0 Å². The molecule has 28 heavy (non-hydrogen) atoms. The number of rotatable bonds is 3. The number of hydrogen-bond acceptors (Lipinski definition) is 1. The predicted molar refractivity (Wildman–Crippen MR) is 124 cm³/mol. The SMILES string of the molecule is CC(C)(C)C1=CCC(C(C)(C)Nc2cc3ccccc3c3ccccc23)C=C1. The Morgan fingerprint density at radius 1 is 0.821 bits per heavy atom. The largest absolute Gasteiger partial charge is 0.379 e. The molecule has 1 aliphatic carbocycles. The van der Waals surface area contributed by atoms with E-state index in [2.05, 4.69) is 113 Å². The lowest BCUT2D eigenvalue weighted by molar-refractivity contribution is 0.409. The molecule has 1 unspecified atom stereocenters. The Labute approximate surface area is 169 Å². The summed E-state index contributed by atoms with van der Waals surface area (Å²) in [4.78, 5) is 0. The van der Waals surface area contributed by atoms with Crippen LogP contribution in [0.5, 0.6) is 0 Å². The minimum atomic E-state index is -0.0400. The highest BCUT2D eigenvalue weighted by Gasteiger charge is 2.30. The van der Waals surface area contributed by atoms with E-state index < -0.39 is 0 Å². The lowest BCUT2D eigenvalue weighted by Crippen LogP contribution is -2.39. The van der Waals surface area contributed by atoms with Gasteiger partial charge in [0.25, 0.3) is 0 Å². The van der Waals surface area contributed by atoms with Gasteiger partial charge in [0.05, 0.1) is 0 Å². The number of benzene rings is 3. The van der Waals surface area contributed by atoms with Crippen LogP contribution in [0.25, 0.3) is 21.5 Å². The van der Waals surface area contributed by atoms with Crippen molar-refractivity contribution >= 4 is 27.2 Å². The van der Waals surface area contributed by atoms with Crippen LogP contribution in [0, 0.1) is 11.3 Å². The molecule has 1 heteroatoms. The number of fused-ring (bicyclic) bond motifs is 3. The van der Waals surface area contributed by atoms with Gasteiger partial charge in [-0.15, -0.1) is 0 Å². The molecule has 0 radical (unpaired) electrons. The molecule has 144 valence electrons. The fraction of sp³-hybridized carbons (Fsp3) is 0.333. The molecule has 4 rings (SSSR count). The monoisotopic (exact) mass is 369 g/mol. The summed E-state index contributed by atoms with van der Waals surface area (Å²) in [6.07, 6.45) is 8.23. The predicted octanol–water partition coefficient (Wildman–Crippen LogP) is 7.73. The second-order valence-corrected chi connectivity index (χ2v) is 9.65. The molecule has 1 aliphatic rings. The van der Waals surface area contributed by atoms with E-state index in [0.29, 0.717) is 5.92 Å². The molecule has 3 aromatic rings. The van der Waals surface area contributed by atoms with Crippen LogP contribution >= 0.6 is 0 Å². The van der Waals surface area contributed by atoms with Gasteiger partial charge in [-0.2, -0.15) is 0 Å². The molecule has 0 saturated carbocycles. The van der Waals surface area contributed by atoms with Gasteiger partial charge < -0.3 is 5.32 Å². The first kappa shape index (κ1) is 18.8. The van der Waals surface area contributed by atoms with Crippen LogP contribution in [0.4, 0.5) is 5.69 Å². The molecule has 0 saturated heterocycles. The molecule has 0 amide bonds. The zero-order chi connectivity index (χ0) is 19.9. The van der Waals surface area contributed by atoms with Crippen molar-refractivity contribution in [3.63, 3.8) is 0 Å². The number of hydrogen-bond donors (Lipinski definition) is 1. The smallest absolute Gasteiger partial charge is 0.0430 e. The third-order valence-corrected chi connectivity index (χ3v) is 6.12. The molecular weight excluding hydrogens is 338 g/mol. The van der Waals surface area contributed by atoms with Crippen molar-refractivity contribution in [1.82, 2.24) is 0 Å². The topological polar surface area (TPSA) is 12.0 Å². The van der Waals surface area contributed by atoms with E-state index in [-0.39, 0.29) is 11.0 Å². The fourth-order valence-corrected chi connectivity index (χ4v) is 4.31. The minimum Gasteiger partial charge on any atom is -0.379 e. The highest BCUT2D eigenvalue weighted by atomic mass is 15.0. The van der Waals surface area contributed by atoms with E-state index in [1.165, 1.54) is 32.8 Å². The second kappa shape index (κ2) is 6.81. The van der Waals surface area contributed by atoms with Gasteiger partial charge in [0.1, 0.15) is 0 Å². The summed E-state index contributed by atoms with van der Waals surface area (Å²) in [5, 5.41) is 9.10. The van der Waals surface area contributed by atoms with Gasteiger partial charge in [0, 0.05) is 22.5 Å².